The first kappa shape index (κ1) is 63.3. The summed E-state index contributed by atoms with van der Waals surface area (Å²) in [5.74, 6) is -6.14. The first-order valence-electron chi connectivity index (χ1n) is 26.0. The van der Waals surface area contributed by atoms with Gasteiger partial charge in [0.1, 0.15) is 36.1 Å². The predicted molar refractivity (Wildman–Crippen MR) is 284 cm³/mol. The normalized spacial score (nSPS) is 15.1. The lowest BCUT2D eigenvalue weighted by molar-refractivity contribution is -0.393. The van der Waals surface area contributed by atoms with Gasteiger partial charge in [0.05, 0.1) is 28.5 Å². The molecule has 0 radical (unpaired) electrons. The smallest absolute Gasteiger partial charge is 0.299 e. The summed E-state index contributed by atoms with van der Waals surface area (Å²) in [6, 6.07) is -3.61. The van der Waals surface area contributed by atoms with Gasteiger partial charge in [0.25, 0.3) is 11.4 Å². The minimum atomic E-state index is -1.46. The number of aromatic amines is 1. The summed E-state index contributed by atoms with van der Waals surface area (Å²) in [5, 5.41) is 55.9. The van der Waals surface area contributed by atoms with E-state index in [0.29, 0.717) is 38.6 Å². The molecule has 0 saturated carbocycles. The molecule has 3 rings (SSSR count). The van der Waals surface area contributed by atoms with Crippen LogP contribution in [0.3, 0.4) is 0 Å². The lowest BCUT2D eigenvalue weighted by atomic mass is 9.96. The zero-order valence-corrected chi connectivity index (χ0v) is 44.4. The number of amides is 7. The van der Waals surface area contributed by atoms with Crippen LogP contribution in [0.15, 0.2) is 30.5 Å². The van der Waals surface area contributed by atoms with Crippen molar-refractivity contribution in [3.63, 3.8) is 0 Å². The maximum atomic E-state index is 14.3. The van der Waals surface area contributed by atoms with Crippen molar-refractivity contribution in [1.82, 2.24) is 42.2 Å². The number of aromatic nitrogens is 1. The minimum Gasteiger partial charge on any atom is -0.379 e. The lowest BCUT2D eigenvalue weighted by Gasteiger charge is -2.31. The number of carbonyl (C=O) groups is 7. The molecule has 0 spiro atoms. The molecule has 26 heteroatoms. The monoisotopic (exact) mass is 1070 g/mol. The van der Waals surface area contributed by atoms with E-state index in [1.54, 1.807) is 34.6 Å². The highest BCUT2D eigenvalue weighted by molar-refractivity contribution is 5.96. The number of nitrogens with zero attached hydrogens (tertiary/aromatic N) is 2. The molecular formula is C50H80N14O12. The topological polar surface area (TPSA) is 416 Å². The van der Waals surface area contributed by atoms with Crippen LogP contribution in [0, 0.1) is 38.0 Å². The van der Waals surface area contributed by atoms with Crippen molar-refractivity contribution < 1.29 is 48.5 Å². The Kier molecular flexibility index (Phi) is 26.4. The Morgan fingerprint density at radius 1 is 0.776 bits per heavy atom. The van der Waals surface area contributed by atoms with Crippen LogP contribution >= 0.6 is 0 Å². The molecule has 0 bridgehead atoms. The fourth-order valence-electron chi connectivity index (χ4n) is 8.35. The van der Waals surface area contributed by atoms with Crippen LogP contribution in [-0.2, 0) is 46.4 Å². The van der Waals surface area contributed by atoms with Gasteiger partial charge < -0.3 is 64.5 Å². The number of hydrogen-bond donors (Lipinski definition) is 13. The van der Waals surface area contributed by atoms with Crippen LogP contribution in [0.2, 0.25) is 0 Å². The van der Waals surface area contributed by atoms with Crippen LogP contribution in [-0.4, -0.2) is 130 Å². The maximum absolute atomic E-state index is 14.3. The highest BCUT2D eigenvalue weighted by Crippen LogP contribution is 2.29. The molecule has 1 aromatic carbocycles. The van der Waals surface area contributed by atoms with E-state index in [4.69, 9.17) is 17.2 Å². The molecule has 16 N–H and O–H groups in total. The lowest BCUT2D eigenvalue weighted by Crippen LogP contribution is -2.61. The molecule has 7 amide bonds. The van der Waals surface area contributed by atoms with Crippen LogP contribution in [0.5, 0.6) is 0 Å². The van der Waals surface area contributed by atoms with Gasteiger partial charge in [-0.3, -0.25) is 59.1 Å². The molecule has 1 heterocycles. The van der Waals surface area contributed by atoms with Crippen molar-refractivity contribution in [3.8, 4) is 0 Å². The Morgan fingerprint density at radius 2 is 1.41 bits per heavy atom. The third-order valence-corrected chi connectivity index (χ3v) is 13.1. The highest BCUT2D eigenvalue weighted by Gasteiger charge is 2.36. The van der Waals surface area contributed by atoms with E-state index < -0.39 is 123 Å². The van der Waals surface area contributed by atoms with Crippen LogP contribution in [0.1, 0.15) is 116 Å². The Morgan fingerprint density at radius 3 is 2.01 bits per heavy atom. The van der Waals surface area contributed by atoms with E-state index in [9.17, 15) is 58.9 Å². The molecule has 0 fully saturated rings. The molecule has 422 valence electrons. The molecule has 3 unspecified atom stereocenters. The van der Waals surface area contributed by atoms with Gasteiger partial charge in [-0.1, -0.05) is 60.1 Å². The molecule has 1 aliphatic rings. The summed E-state index contributed by atoms with van der Waals surface area (Å²) in [6.07, 6.45) is 8.31. The summed E-state index contributed by atoms with van der Waals surface area (Å²) in [6.45, 7) is 10.6. The highest BCUT2D eigenvalue weighted by atomic mass is 16.6. The average molecular weight is 1070 g/mol. The van der Waals surface area contributed by atoms with Crippen LogP contribution in [0.4, 0.5) is 17.1 Å². The number of aliphatic hydroxyl groups excluding tert-OH is 1. The SMILES string of the molecule is CCC(C)[C@H](NC(=O)[C@@H](NC(=O)[C@H](CCCCN)NC(=O)C(NC(=O)[C@H](CCC(=O)NCCCCNc1ccc([N+](=O)[O-])cc1[N+](=O)[O-])NC(O)[C@@H](N)Cc1c[nH]c2c1C=CCC2)C(C)C)C(C)C)C(=O)NCC(N)=O. The number of anilines is 1. The van der Waals surface area contributed by atoms with E-state index in [-0.39, 0.29) is 50.4 Å². The Hall–Kier alpha value is -7.03. The number of benzene rings is 1. The zero-order chi connectivity index (χ0) is 56.6. The molecule has 76 heavy (non-hydrogen) atoms. The summed E-state index contributed by atoms with van der Waals surface area (Å²) < 4.78 is 0. The van der Waals surface area contributed by atoms with Gasteiger partial charge >= 0.3 is 0 Å². The number of hydrogen-bond acceptors (Lipinski definition) is 16. The Bertz CT molecular complexity index is 2340. The number of allylic oxidation sites excluding steroid dienone is 1. The summed E-state index contributed by atoms with van der Waals surface area (Å²) >= 11 is 0. The van der Waals surface area contributed by atoms with Gasteiger partial charge in [0.15, 0.2) is 0 Å². The number of nitrogens with two attached hydrogens (primary N) is 3. The third kappa shape index (κ3) is 20.3. The van der Waals surface area contributed by atoms with Crippen LogP contribution < -0.4 is 59.7 Å². The predicted octanol–water partition coefficient (Wildman–Crippen LogP) is 0.753. The van der Waals surface area contributed by atoms with Gasteiger partial charge in [0.2, 0.25) is 41.4 Å². The quantitative estimate of drug-likeness (QED) is 0.0196. The number of rotatable bonds is 35. The fraction of sp³-hybridized carbons (Fsp3) is 0.620. The number of nitro benzene ring substituents is 2. The van der Waals surface area contributed by atoms with Crippen molar-refractivity contribution in [3.05, 3.63) is 67.5 Å². The molecule has 1 aromatic heterocycles. The molecule has 0 aliphatic heterocycles. The summed E-state index contributed by atoms with van der Waals surface area (Å²) in [4.78, 5) is 118. The first-order valence-corrected chi connectivity index (χ1v) is 26.0. The number of primary amides is 1. The fourth-order valence-corrected chi connectivity index (χ4v) is 8.35. The number of aryl methyl sites for hydroxylation is 1. The summed E-state index contributed by atoms with van der Waals surface area (Å²) in [7, 11) is 0. The van der Waals surface area contributed by atoms with Crippen molar-refractivity contribution in [2.45, 2.75) is 155 Å². The molecule has 0 saturated heterocycles. The van der Waals surface area contributed by atoms with E-state index in [1.807, 2.05) is 25.3 Å². The number of nitro groups is 2. The van der Waals surface area contributed by atoms with Crippen molar-refractivity contribution in [2.75, 3.05) is 31.5 Å². The zero-order valence-electron chi connectivity index (χ0n) is 44.4. The largest absolute Gasteiger partial charge is 0.379 e. The van der Waals surface area contributed by atoms with Gasteiger partial charge in [-0.05, 0) is 99.3 Å². The second-order valence-electron chi connectivity index (χ2n) is 19.8. The van der Waals surface area contributed by atoms with Gasteiger partial charge in [-0.2, -0.15) is 0 Å². The van der Waals surface area contributed by atoms with Crippen molar-refractivity contribution in [2.24, 2.45) is 35.0 Å². The van der Waals surface area contributed by atoms with Crippen molar-refractivity contribution >= 4 is 64.5 Å². The number of nitrogens with one attached hydrogen (secondary N) is 9. The molecular weight excluding hydrogens is 989 g/mol. The minimum absolute atomic E-state index is 0.102. The standard InChI is InChI=1S/C50H80N14O12/c1-7-30(6)44(48(70)57-27-40(53)65)62-50(72)43(29(4)5)61-46(68)37(16-10-11-21-51)59-49(71)42(28(2)3)60-47(69)38(58-45(67)34(52)24-31-26-56-35-15-9-8-14-33(31)35)19-20-41(66)55-23-13-12-22-54-36-18-17-32(63(73)74)25-39(36)64(75)76/h8,14,17-18,25-26,28-30,34,37-38,42-45,54,56,58,67H,7,9-13,15-16,19-24,27,51-52H2,1-6H3,(H2,53,65)(H,55,66)(H,57,70)(H,59,71)(H,60,69)(H,61,68)(H,62,72)/t30?,34-,37-,38-,42?,43-,44-,45?/m0/s1. The summed E-state index contributed by atoms with van der Waals surface area (Å²) in [5.41, 5.74) is 19.6. The van der Waals surface area contributed by atoms with Gasteiger partial charge in [-0.25, -0.2) is 0 Å². The average Bonchev–Trinajstić information content (AvgIpc) is 3.78. The van der Waals surface area contributed by atoms with Crippen LogP contribution in [0.25, 0.3) is 6.08 Å². The molecule has 26 nitrogen and oxygen atoms in total. The Balaban J connectivity index is 1.76. The Labute approximate surface area is 442 Å². The second-order valence-corrected chi connectivity index (χ2v) is 19.8. The number of H-pyrrole nitrogens is 1. The van der Waals surface area contributed by atoms with Crippen molar-refractivity contribution in [1.29, 1.82) is 0 Å². The molecule has 8 atom stereocenters. The maximum Gasteiger partial charge on any atom is 0.299 e. The van der Waals surface area contributed by atoms with E-state index in [1.165, 1.54) is 6.07 Å². The molecule has 2 aromatic rings. The number of carbonyl (C=O) groups excluding carboxylic acids is 7. The third-order valence-electron chi connectivity index (χ3n) is 13.1. The van der Waals surface area contributed by atoms with Gasteiger partial charge in [-0.15, -0.1) is 0 Å². The molecule has 1 aliphatic carbocycles. The number of non-ortho nitro benzene ring substituents is 1. The van der Waals surface area contributed by atoms with Gasteiger partial charge in [0, 0.05) is 43.5 Å². The van der Waals surface area contributed by atoms with E-state index in [2.05, 4.69) is 47.5 Å². The number of aliphatic hydroxyl groups is 1. The number of fused-ring (bicyclic) bond motifs is 1. The number of unbranched alkanes of at least 4 members (excludes halogenated alkanes) is 2. The van der Waals surface area contributed by atoms with E-state index >= 15 is 0 Å². The first-order chi connectivity index (χ1) is 36.0. The van der Waals surface area contributed by atoms with E-state index in [0.717, 1.165) is 41.8 Å². The second kappa shape index (κ2) is 31.8.